The zero-order chi connectivity index (χ0) is 25.4. The maximum atomic E-state index is 10.8. The number of allylic oxidation sites excluding steroid dienone is 1. The molecule has 2 aliphatic rings. The van der Waals surface area contributed by atoms with E-state index in [-0.39, 0.29) is 6.04 Å². The highest BCUT2D eigenvalue weighted by Gasteiger charge is 2.35. The number of anilines is 1. The molecule has 3 aromatic rings. The van der Waals surface area contributed by atoms with Crippen molar-refractivity contribution in [1.29, 1.82) is 0 Å². The average molecular weight is 527 g/mol. The molecule has 5 nitrogen and oxygen atoms in total. The normalized spacial score (nSPS) is 22.1. The third-order valence-electron chi connectivity index (χ3n) is 7.50. The summed E-state index contributed by atoms with van der Waals surface area (Å²) < 4.78 is 5.65. The van der Waals surface area contributed by atoms with Crippen molar-refractivity contribution in [3.05, 3.63) is 64.3 Å². The number of hydrogen-bond donors (Lipinski definition) is 3. The van der Waals surface area contributed by atoms with Crippen molar-refractivity contribution in [2.45, 2.75) is 57.3 Å². The Morgan fingerprint density at radius 3 is 2.44 bits per heavy atom. The summed E-state index contributed by atoms with van der Waals surface area (Å²) in [7, 11) is 1.81. The molecule has 0 spiro atoms. The molecular weight excluding hydrogens is 493 g/mol. The molecule has 36 heavy (non-hydrogen) atoms. The summed E-state index contributed by atoms with van der Waals surface area (Å²) in [5, 5.41) is 19.9. The van der Waals surface area contributed by atoms with Gasteiger partial charge in [0.1, 0.15) is 0 Å². The van der Waals surface area contributed by atoms with Gasteiger partial charge in [0.25, 0.3) is 0 Å². The standard InChI is InChI=1S/C29H33Cl2N3O2/c1-17(19-4-5-19)24-15-33-27-7-6-20(21-13-25(30)18(2)26(31)14-21)12-23(27)28(24)34-22-8-10-29(35,11-9-22)36-16-32-3/h6-7,12-15,19,22,32,35H,1,4-5,8-11,16H2,2-3H3,(H,33,34)/t22-,29-. The smallest absolute Gasteiger partial charge is 0.167 e. The Hall–Kier alpha value is -2.15. The molecule has 1 heterocycles. The van der Waals surface area contributed by atoms with Gasteiger partial charge in [0.2, 0.25) is 0 Å². The second-order valence-electron chi connectivity index (χ2n) is 10.2. The molecule has 2 fully saturated rings. The van der Waals surface area contributed by atoms with E-state index in [0.717, 1.165) is 57.3 Å². The summed E-state index contributed by atoms with van der Waals surface area (Å²) >= 11 is 12.9. The van der Waals surface area contributed by atoms with Crippen LogP contribution < -0.4 is 10.6 Å². The molecule has 0 radical (unpaired) electrons. The van der Waals surface area contributed by atoms with Gasteiger partial charge in [0, 0.05) is 46.1 Å². The Bertz CT molecular complexity index is 1270. The van der Waals surface area contributed by atoms with Crippen molar-refractivity contribution < 1.29 is 9.84 Å². The second-order valence-corrected chi connectivity index (χ2v) is 11.0. The Morgan fingerprint density at radius 2 is 1.81 bits per heavy atom. The number of nitrogens with one attached hydrogen (secondary N) is 2. The first-order valence-corrected chi connectivity index (χ1v) is 13.4. The second kappa shape index (κ2) is 10.3. The van der Waals surface area contributed by atoms with Gasteiger partial charge in [0.05, 0.1) is 17.9 Å². The number of pyridine rings is 1. The molecule has 1 aromatic heterocycles. The highest BCUT2D eigenvalue weighted by Crippen LogP contribution is 2.45. The summed E-state index contributed by atoms with van der Waals surface area (Å²) in [6.45, 7) is 6.70. The number of nitrogens with zero attached hydrogens (tertiary/aromatic N) is 1. The Balaban J connectivity index is 1.51. The first-order valence-electron chi connectivity index (χ1n) is 12.6. The van der Waals surface area contributed by atoms with Crippen LogP contribution in [0.15, 0.2) is 43.1 Å². The lowest BCUT2D eigenvalue weighted by Gasteiger charge is -2.36. The largest absolute Gasteiger partial charge is 0.381 e. The van der Waals surface area contributed by atoms with Gasteiger partial charge < -0.3 is 15.2 Å². The molecule has 5 rings (SSSR count). The maximum absolute atomic E-state index is 10.8. The molecule has 0 unspecified atom stereocenters. The van der Waals surface area contributed by atoms with Crippen molar-refractivity contribution in [1.82, 2.24) is 10.3 Å². The van der Waals surface area contributed by atoms with E-state index in [1.54, 1.807) is 0 Å². The number of aliphatic hydroxyl groups is 1. The van der Waals surface area contributed by atoms with Gasteiger partial charge in [-0.25, -0.2) is 0 Å². The van der Waals surface area contributed by atoms with Crippen LogP contribution in [0.5, 0.6) is 0 Å². The van der Waals surface area contributed by atoms with E-state index in [4.69, 9.17) is 32.9 Å². The zero-order valence-electron chi connectivity index (χ0n) is 20.8. The van der Waals surface area contributed by atoms with Crippen LogP contribution in [-0.2, 0) is 4.74 Å². The van der Waals surface area contributed by atoms with Gasteiger partial charge in [-0.3, -0.25) is 10.3 Å². The van der Waals surface area contributed by atoms with Crippen LogP contribution in [0, 0.1) is 12.8 Å². The van der Waals surface area contributed by atoms with Crippen molar-refractivity contribution in [3.63, 3.8) is 0 Å². The molecule has 0 amide bonds. The van der Waals surface area contributed by atoms with Crippen LogP contribution >= 0.6 is 23.2 Å². The van der Waals surface area contributed by atoms with Crippen molar-refractivity contribution in [2.75, 3.05) is 19.1 Å². The van der Waals surface area contributed by atoms with Crippen molar-refractivity contribution in [3.8, 4) is 11.1 Å². The fourth-order valence-corrected chi connectivity index (χ4v) is 5.49. The van der Waals surface area contributed by atoms with Crippen LogP contribution in [-0.4, -0.2) is 35.7 Å². The SMILES string of the molecule is C=C(c1cnc2ccc(-c3cc(Cl)c(C)c(Cl)c3)cc2c1N[C@H]1CC[C@](O)(OCNC)CC1)C1CC1. The van der Waals surface area contributed by atoms with E-state index in [2.05, 4.69) is 29.3 Å². The molecule has 0 aliphatic heterocycles. The van der Waals surface area contributed by atoms with Gasteiger partial charge in [0.15, 0.2) is 5.79 Å². The third-order valence-corrected chi connectivity index (χ3v) is 8.28. The molecule has 0 atom stereocenters. The fourth-order valence-electron chi connectivity index (χ4n) is 5.00. The average Bonchev–Trinajstić information content (AvgIpc) is 3.72. The van der Waals surface area contributed by atoms with Gasteiger partial charge >= 0.3 is 0 Å². The molecular formula is C29H33Cl2N3O2. The number of ether oxygens (including phenoxy) is 1. The minimum absolute atomic E-state index is 0.215. The first kappa shape index (κ1) is 25.5. The van der Waals surface area contributed by atoms with Crippen LogP contribution in [0.1, 0.15) is 49.7 Å². The number of benzene rings is 2. The van der Waals surface area contributed by atoms with Gasteiger partial charge in [-0.1, -0.05) is 35.8 Å². The van der Waals surface area contributed by atoms with Crippen molar-refractivity contribution in [2.24, 2.45) is 5.92 Å². The molecule has 3 N–H and O–H groups in total. The molecule has 0 bridgehead atoms. The van der Waals surface area contributed by atoms with Gasteiger partial charge in [-0.15, -0.1) is 0 Å². The minimum atomic E-state index is -1.07. The van der Waals surface area contributed by atoms with Crippen LogP contribution in [0.3, 0.4) is 0 Å². The summed E-state index contributed by atoms with van der Waals surface area (Å²) in [5.74, 6) is -0.548. The molecule has 7 heteroatoms. The highest BCUT2D eigenvalue weighted by atomic mass is 35.5. The molecule has 2 saturated carbocycles. The Labute approximate surface area is 222 Å². The Morgan fingerprint density at radius 1 is 1.11 bits per heavy atom. The predicted molar refractivity (Wildman–Crippen MR) is 150 cm³/mol. The summed E-state index contributed by atoms with van der Waals surface area (Å²) in [6.07, 6.45) is 7.09. The van der Waals surface area contributed by atoms with E-state index < -0.39 is 5.79 Å². The van der Waals surface area contributed by atoms with E-state index in [1.807, 2.05) is 38.4 Å². The molecule has 2 aliphatic carbocycles. The lowest BCUT2D eigenvalue weighted by molar-refractivity contribution is -0.223. The van der Waals surface area contributed by atoms with Crippen LogP contribution in [0.2, 0.25) is 10.0 Å². The summed E-state index contributed by atoms with van der Waals surface area (Å²) in [6, 6.07) is 10.4. The lowest BCUT2D eigenvalue weighted by atomic mass is 9.89. The van der Waals surface area contributed by atoms with E-state index in [0.29, 0.717) is 35.5 Å². The first-order chi connectivity index (χ1) is 17.3. The summed E-state index contributed by atoms with van der Waals surface area (Å²) in [4.78, 5) is 4.79. The van der Waals surface area contributed by atoms with E-state index >= 15 is 0 Å². The number of rotatable bonds is 8. The monoisotopic (exact) mass is 525 g/mol. The van der Waals surface area contributed by atoms with Crippen LogP contribution in [0.25, 0.3) is 27.6 Å². The number of aromatic nitrogens is 1. The highest BCUT2D eigenvalue weighted by molar-refractivity contribution is 6.36. The predicted octanol–water partition coefficient (Wildman–Crippen LogP) is 7.18. The quantitative estimate of drug-likeness (QED) is 0.272. The Kier molecular flexibility index (Phi) is 7.30. The molecule has 2 aromatic carbocycles. The third kappa shape index (κ3) is 5.27. The van der Waals surface area contributed by atoms with Gasteiger partial charge in [-0.05, 0) is 92.1 Å². The summed E-state index contributed by atoms with van der Waals surface area (Å²) in [5.41, 5.74) is 7.09. The van der Waals surface area contributed by atoms with Crippen LogP contribution in [0.4, 0.5) is 5.69 Å². The zero-order valence-corrected chi connectivity index (χ0v) is 22.3. The number of fused-ring (bicyclic) bond motifs is 1. The number of halogens is 2. The molecule has 190 valence electrons. The fraction of sp³-hybridized carbons (Fsp3) is 0.414. The number of hydrogen-bond acceptors (Lipinski definition) is 5. The van der Waals surface area contributed by atoms with E-state index in [9.17, 15) is 5.11 Å². The lowest BCUT2D eigenvalue weighted by Crippen LogP contribution is -2.42. The van der Waals surface area contributed by atoms with Crippen molar-refractivity contribution >= 4 is 45.4 Å². The molecule has 0 saturated heterocycles. The van der Waals surface area contributed by atoms with Gasteiger partial charge in [-0.2, -0.15) is 0 Å². The maximum Gasteiger partial charge on any atom is 0.167 e. The topological polar surface area (TPSA) is 66.4 Å². The minimum Gasteiger partial charge on any atom is -0.381 e. The van der Waals surface area contributed by atoms with E-state index in [1.165, 1.54) is 12.8 Å².